The van der Waals surface area contributed by atoms with Gasteiger partial charge in [0.2, 0.25) is 0 Å². The van der Waals surface area contributed by atoms with E-state index in [1.807, 2.05) is 0 Å². The highest BCUT2D eigenvalue weighted by Crippen LogP contribution is 2.32. The predicted octanol–water partition coefficient (Wildman–Crippen LogP) is 1.14. The standard InChI is InChI=1S/C19H22FN3O5/c1-11(2)23-16(24)15-14(7-8-21(15)17(25)18(26)28-3)22(19(23)27)10-12-5-4-6-13(20)9-12/h4-6,9,11,14-15H,7-8,10H2,1-3H3/t14-,15+/m1/s1. The van der Waals surface area contributed by atoms with Crippen LogP contribution in [0.25, 0.3) is 0 Å². The van der Waals surface area contributed by atoms with Crippen LogP contribution in [0, 0.1) is 5.82 Å². The second-order valence-corrected chi connectivity index (χ2v) is 7.13. The molecule has 0 aliphatic carbocycles. The number of imide groups is 1. The number of rotatable bonds is 3. The highest BCUT2D eigenvalue weighted by molar-refractivity contribution is 6.33. The SMILES string of the molecule is COC(=O)C(=O)N1CC[C@@H]2[C@H]1C(=O)N(C(C)C)C(=O)N2Cc1cccc(F)c1. The molecule has 9 heteroatoms. The Hall–Kier alpha value is -2.97. The number of hydrogen-bond acceptors (Lipinski definition) is 5. The highest BCUT2D eigenvalue weighted by atomic mass is 19.1. The molecular formula is C19H22FN3O5. The number of halogens is 1. The van der Waals surface area contributed by atoms with Crippen LogP contribution < -0.4 is 0 Å². The molecule has 2 heterocycles. The molecule has 0 bridgehead atoms. The molecule has 0 N–H and O–H groups in total. The number of urea groups is 1. The van der Waals surface area contributed by atoms with E-state index in [0.29, 0.717) is 12.0 Å². The highest BCUT2D eigenvalue weighted by Gasteiger charge is 2.54. The minimum Gasteiger partial charge on any atom is -0.462 e. The maximum atomic E-state index is 13.6. The van der Waals surface area contributed by atoms with E-state index < -0.39 is 47.8 Å². The summed E-state index contributed by atoms with van der Waals surface area (Å²) >= 11 is 0. The fourth-order valence-electron chi connectivity index (χ4n) is 3.84. The Labute approximate surface area is 161 Å². The molecule has 0 unspecified atom stereocenters. The fourth-order valence-corrected chi connectivity index (χ4v) is 3.84. The molecule has 8 nitrogen and oxygen atoms in total. The molecule has 0 spiro atoms. The molecule has 2 aliphatic rings. The summed E-state index contributed by atoms with van der Waals surface area (Å²) in [6.45, 7) is 3.62. The third-order valence-electron chi connectivity index (χ3n) is 5.09. The van der Waals surface area contributed by atoms with E-state index in [4.69, 9.17) is 0 Å². The first-order valence-electron chi connectivity index (χ1n) is 9.03. The van der Waals surface area contributed by atoms with Gasteiger partial charge in [-0.25, -0.2) is 14.0 Å². The second-order valence-electron chi connectivity index (χ2n) is 7.13. The molecule has 0 aromatic heterocycles. The summed E-state index contributed by atoms with van der Waals surface area (Å²) in [6, 6.07) is 3.37. The Morgan fingerprint density at radius 2 is 2.00 bits per heavy atom. The van der Waals surface area contributed by atoms with Gasteiger partial charge in [0.15, 0.2) is 0 Å². The van der Waals surface area contributed by atoms with Gasteiger partial charge in [0.1, 0.15) is 11.9 Å². The number of esters is 1. The lowest BCUT2D eigenvalue weighted by Crippen LogP contribution is -2.67. The number of likely N-dealkylation sites (tertiary alicyclic amines) is 1. The molecule has 2 atom stereocenters. The van der Waals surface area contributed by atoms with Crippen LogP contribution >= 0.6 is 0 Å². The van der Waals surface area contributed by atoms with Gasteiger partial charge in [0.05, 0.1) is 13.2 Å². The zero-order valence-corrected chi connectivity index (χ0v) is 15.9. The van der Waals surface area contributed by atoms with Gasteiger partial charge in [-0.05, 0) is 38.0 Å². The van der Waals surface area contributed by atoms with Crippen molar-refractivity contribution >= 4 is 23.8 Å². The molecule has 2 fully saturated rings. The molecule has 0 saturated carbocycles. The quantitative estimate of drug-likeness (QED) is 0.570. The van der Waals surface area contributed by atoms with Gasteiger partial charge in [-0.2, -0.15) is 0 Å². The van der Waals surface area contributed by atoms with E-state index in [9.17, 15) is 23.6 Å². The van der Waals surface area contributed by atoms with Gasteiger partial charge >= 0.3 is 17.9 Å². The number of benzene rings is 1. The Kier molecular flexibility index (Phi) is 5.35. The molecule has 4 amide bonds. The monoisotopic (exact) mass is 391 g/mol. The number of carbonyl (C=O) groups excluding carboxylic acids is 4. The number of methoxy groups -OCH3 is 1. The van der Waals surface area contributed by atoms with Crippen LogP contribution in [0.3, 0.4) is 0 Å². The molecule has 2 saturated heterocycles. The summed E-state index contributed by atoms with van der Waals surface area (Å²) in [5.41, 5.74) is 0.572. The van der Waals surface area contributed by atoms with E-state index in [1.54, 1.807) is 26.0 Å². The van der Waals surface area contributed by atoms with E-state index >= 15 is 0 Å². The minimum atomic E-state index is -1.06. The Morgan fingerprint density at radius 3 is 2.61 bits per heavy atom. The van der Waals surface area contributed by atoms with Crippen LogP contribution in [0.1, 0.15) is 25.8 Å². The maximum Gasteiger partial charge on any atom is 0.396 e. The number of amides is 4. The Bertz CT molecular complexity index is 828. The van der Waals surface area contributed by atoms with E-state index in [1.165, 1.54) is 21.9 Å². The molecule has 2 aliphatic heterocycles. The molecule has 3 rings (SSSR count). The van der Waals surface area contributed by atoms with E-state index in [2.05, 4.69) is 4.74 Å². The average molecular weight is 391 g/mol. The third kappa shape index (κ3) is 3.32. The summed E-state index contributed by atoms with van der Waals surface area (Å²) in [5.74, 6) is -2.91. The third-order valence-corrected chi connectivity index (χ3v) is 5.09. The van der Waals surface area contributed by atoms with Crippen molar-refractivity contribution in [2.75, 3.05) is 13.7 Å². The van der Waals surface area contributed by atoms with Gasteiger partial charge in [0.25, 0.3) is 5.91 Å². The molecular weight excluding hydrogens is 369 g/mol. The lowest BCUT2D eigenvalue weighted by molar-refractivity contribution is -0.161. The maximum absolute atomic E-state index is 13.6. The van der Waals surface area contributed by atoms with E-state index in [0.717, 1.165) is 12.0 Å². The van der Waals surface area contributed by atoms with Crippen molar-refractivity contribution in [3.8, 4) is 0 Å². The van der Waals surface area contributed by atoms with Crippen LogP contribution in [0.4, 0.5) is 9.18 Å². The Balaban J connectivity index is 1.96. The summed E-state index contributed by atoms with van der Waals surface area (Å²) in [7, 11) is 1.09. The molecule has 1 aromatic carbocycles. The first-order valence-corrected chi connectivity index (χ1v) is 9.03. The Morgan fingerprint density at radius 1 is 1.29 bits per heavy atom. The van der Waals surface area contributed by atoms with Crippen molar-refractivity contribution in [1.82, 2.24) is 14.7 Å². The smallest absolute Gasteiger partial charge is 0.396 e. The largest absolute Gasteiger partial charge is 0.462 e. The number of nitrogens with zero attached hydrogens (tertiary/aromatic N) is 3. The average Bonchev–Trinajstić information content (AvgIpc) is 3.09. The van der Waals surface area contributed by atoms with E-state index in [-0.39, 0.29) is 13.1 Å². The zero-order chi connectivity index (χ0) is 20.6. The van der Waals surface area contributed by atoms with Crippen LogP contribution in [-0.4, -0.2) is 70.3 Å². The molecule has 28 heavy (non-hydrogen) atoms. The first-order chi connectivity index (χ1) is 13.3. The van der Waals surface area contributed by atoms with Crippen molar-refractivity contribution < 1.29 is 28.3 Å². The fraction of sp³-hybridized carbons (Fsp3) is 0.474. The van der Waals surface area contributed by atoms with Crippen molar-refractivity contribution in [2.45, 2.75) is 44.9 Å². The molecule has 1 aromatic rings. The van der Waals surface area contributed by atoms with Crippen LogP contribution in [0.2, 0.25) is 0 Å². The predicted molar refractivity (Wildman–Crippen MR) is 95.2 cm³/mol. The number of ether oxygens (including phenoxy) is 1. The zero-order valence-electron chi connectivity index (χ0n) is 15.9. The van der Waals surface area contributed by atoms with Crippen molar-refractivity contribution in [3.63, 3.8) is 0 Å². The molecule has 150 valence electrons. The number of hydrogen-bond donors (Lipinski definition) is 0. The van der Waals surface area contributed by atoms with Crippen molar-refractivity contribution in [3.05, 3.63) is 35.6 Å². The number of carbonyl (C=O) groups is 4. The van der Waals surface area contributed by atoms with Crippen LogP contribution in [0.15, 0.2) is 24.3 Å². The number of fused-ring (bicyclic) bond motifs is 1. The summed E-state index contributed by atoms with van der Waals surface area (Å²) < 4.78 is 18.1. The lowest BCUT2D eigenvalue weighted by atomic mass is 10.0. The lowest BCUT2D eigenvalue weighted by Gasteiger charge is -2.44. The normalized spacial score (nSPS) is 22.0. The van der Waals surface area contributed by atoms with Gasteiger partial charge in [-0.1, -0.05) is 12.1 Å². The summed E-state index contributed by atoms with van der Waals surface area (Å²) in [4.78, 5) is 53.8. The minimum absolute atomic E-state index is 0.0918. The second kappa shape index (κ2) is 7.57. The van der Waals surface area contributed by atoms with Crippen LogP contribution in [-0.2, 0) is 25.7 Å². The van der Waals surface area contributed by atoms with Crippen molar-refractivity contribution in [2.24, 2.45) is 0 Å². The van der Waals surface area contributed by atoms with Gasteiger partial charge in [-0.3, -0.25) is 14.5 Å². The summed E-state index contributed by atoms with van der Waals surface area (Å²) in [5, 5.41) is 0. The van der Waals surface area contributed by atoms with Gasteiger partial charge < -0.3 is 14.5 Å². The van der Waals surface area contributed by atoms with Gasteiger partial charge in [0, 0.05) is 19.1 Å². The topological polar surface area (TPSA) is 87.2 Å². The first kappa shape index (κ1) is 19.8. The van der Waals surface area contributed by atoms with Crippen molar-refractivity contribution in [1.29, 1.82) is 0 Å². The van der Waals surface area contributed by atoms with Crippen LogP contribution in [0.5, 0.6) is 0 Å². The van der Waals surface area contributed by atoms with Gasteiger partial charge in [-0.15, -0.1) is 0 Å². The summed E-state index contributed by atoms with van der Waals surface area (Å²) in [6.07, 6.45) is 0.339. The molecule has 0 radical (unpaired) electrons.